The quantitative estimate of drug-likeness (QED) is 0.759. The summed E-state index contributed by atoms with van der Waals surface area (Å²) in [7, 11) is 0. The number of carbonyl (C=O) groups excluding carboxylic acids is 2. The Labute approximate surface area is 126 Å². The summed E-state index contributed by atoms with van der Waals surface area (Å²) in [5, 5.41) is 5.35. The van der Waals surface area contributed by atoms with Crippen LogP contribution >= 0.6 is 0 Å². The van der Waals surface area contributed by atoms with E-state index in [-0.39, 0.29) is 5.91 Å². The first-order valence-corrected chi connectivity index (χ1v) is 7.30. The van der Waals surface area contributed by atoms with Crippen molar-refractivity contribution in [2.45, 2.75) is 33.6 Å². The molecule has 0 heterocycles. The molecular weight excluding hydrogens is 268 g/mol. The minimum Gasteiger partial charge on any atom is -0.450 e. The number of carbonyl (C=O) groups is 2. The van der Waals surface area contributed by atoms with Crippen molar-refractivity contribution in [1.82, 2.24) is 10.6 Å². The summed E-state index contributed by atoms with van der Waals surface area (Å²) in [4.78, 5) is 23.2. The van der Waals surface area contributed by atoms with Gasteiger partial charge in [0.15, 0.2) is 0 Å². The van der Waals surface area contributed by atoms with Crippen LogP contribution in [-0.2, 0) is 4.74 Å². The first kappa shape index (κ1) is 17.0. The highest BCUT2D eigenvalue weighted by atomic mass is 16.5. The number of rotatable bonds is 7. The molecule has 2 N–H and O–H groups in total. The fraction of sp³-hybridized carbons (Fsp3) is 0.500. The first-order chi connectivity index (χ1) is 10.0. The third-order valence-corrected chi connectivity index (χ3v) is 3.18. The molecule has 1 aromatic carbocycles. The van der Waals surface area contributed by atoms with Gasteiger partial charge in [-0.15, -0.1) is 0 Å². The van der Waals surface area contributed by atoms with E-state index in [1.165, 1.54) is 0 Å². The summed E-state index contributed by atoms with van der Waals surface area (Å²) in [6, 6.07) is 5.58. The Morgan fingerprint density at radius 3 is 2.48 bits per heavy atom. The predicted octanol–water partition coefficient (Wildman–Crippen LogP) is 2.56. The van der Waals surface area contributed by atoms with Gasteiger partial charge in [-0.25, -0.2) is 4.79 Å². The van der Waals surface area contributed by atoms with Crippen molar-refractivity contribution in [3.8, 4) is 0 Å². The lowest BCUT2D eigenvalue weighted by Gasteiger charge is -2.09. The van der Waals surface area contributed by atoms with Gasteiger partial charge in [0.2, 0.25) is 0 Å². The highest BCUT2D eigenvalue weighted by Gasteiger charge is 2.06. The van der Waals surface area contributed by atoms with Crippen LogP contribution in [0.3, 0.4) is 0 Å². The molecule has 5 heteroatoms. The van der Waals surface area contributed by atoms with Gasteiger partial charge in [0.05, 0.1) is 6.61 Å². The van der Waals surface area contributed by atoms with E-state index in [1.807, 2.05) is 32.9 Å². The highest BCUT2D eigenvalue weighted by molar-refractivity contribution is 5.94. The molecule has 0 aliphatic carbocycles. The van der Waals surface area contributed by atoms with Crippen molar-refractivity contribution in [2.75, 3.05) is 19.7 Å². The third kappa shape index (κ3) is 6.29. The highest BCUT2D eigenvalue weighted by Crippen LogP contribution is 2.09. The largest absolute Gasteiger partial charge is 0.450 e. The molecule has 21 heavy (non-hydrogen) atoms. The van der Waals surface area contributed by atoms with Crippen LogP contribution < -0.4 is 10.6 Å². The molecule has 0 saturated heterocycles. The molecule has 2 amide bonds. The standard InChI is InChI=1S/C16H24N2O3/c1-4-5-10-21-16(20)18-9-8-17-15(19)14-7-6-12(2)13(3)11-14/h6-7,11H,4-5,8-10H2,1-3H3,(H,17,19)(H,18,20). The summed E-state index contributed by atoms with van der Waals surface area (Å²) in [6.07, 6.45) is 1.40. The van der Waals surface area contributed by atoms with Gasteiger partial charge in [0.1, 0.15) is 0 Å². The zero-order valence-corrected chi connectivity index (χ0v) is 13.0. The van der Waals surface area contributed by atoms with Crippen molar-refractivity contribution in [3.05, 3.63) is 34.9 Å². The van der Waals surface area contributed by atoms with Crippen LogP contribution in [0, 0.1) is 13.8 Å². The van der Waals surface area contributed by atoms with Crippen LogP contribution in [0.5, 0.6) is 0 Å². The van der Waals surface area contributed by atoms with E-state index in [0.29, 0.717) is 25.3 Å². The maximum atomic E-state index is 11.9. The van der Waals surface area contributed by atoms with Crippen LogP contribution in [0.15, 0.2) is 18.2 Å². The van der Waals surface area contributed by atoms with Crippen LogP contribution in [0.4, 0.5) is 4.79 Å². The van der Waals surface area contributed by atoms with E-state index in [1.54, 1.807) is 6.07 Å². The molecule has 0 aliphatic heterocycles. The van der Waals surface area contributed by atoms with E-state index in [4.69, 9.17) is 4.74 Å². The molecule has 5 nitrogen and oxygen atoms in total. The molecule has 1 aromatic rings. The van der Waals surface area contributed by atoms with Crippen molar-refractivity contribution in [2.24, 2.45) is 0 Å². The molecule has 0 saturated carbocycles. The van der Waals surface area contributed by atoms with Crippen LogP contribution in [0.2, 0.25) is 0 Å². The van der Waals surface area contributed by atoms with Crippen molar-refractivity contribution < 1.29 is 14.3 Å². The predicted molar refractivity (Wildman–Crippen MR) is 82.5 cm³/mol. The number of benzene rings is 1. The molecular formula is C16H24N2O3. The average Bonchev–Trinajstić information content (AvgIpc) is 2.46. The molecule has 0 unspecified atom stereocenters. The van der Waals surface area contributed by atoms with Gasteiger partial charge in [-0.2, -0.15) is 0 Å². The number of aryl methyl sites for hydroxylation is 2. The van der Waals surface area contributed by atoms with Gasteiger partial charge in [0, 0.05) is 18.7 Å². The average molecular weight is 292 g/mol. The second kappa shape index (κ2) is 9.00. The van der Waals surface area contributed by atoms with E-state index < -0.39 is 6.09 Å². The second-order valence-electron chi connectivity index (χ2n) is 4.97. The van der Waals surface area contributed by atoms with E-state index in [2.05, 4.69) is 10.6 Å². The molecule has 0 aromatic heterocycles. The number of unbranched alkanes of at least 4 members (excludes halogenated alkanes) is 1. The number of ether oxygens (including phenoxy) is 1. The lowest BCUT2D eigenvalue weighted by Crippen LogP contribution is -2.35. The van der Waals surface area contributed by atoms with Gasteiger partial charge < -0.3 is 15.4 Å². The summed E-state index contributed by atoms with van der Waals surface area (Å²) < 4.78 is 4.94. The van der Waals surface area contributed by atoms with Crippen LogP contribution in [0.1, 0.15) is 41.3 Å². The lowest BCUT2D eigenvalue weighted by atomic mass is 10.1. The van der Waals surface area contributed by atoms with E-state index in [9.17, 15) is 9.59 Å². The van der Waals surface area contributed by atoms with Crippen molar-refractivity contribution >= 4 is 12.0 Å². The molecule has 0 spiro atoms. The summed E-state index contributed by atoms with van der Waals surface area (Å²) in [5.74, 6) is -0.140. The SMILES string of the molecule is CCCCOC(=O)NCCNC(=O)c1ccc(C)c(C)c1. The number of nitrogens with one attached hydrogen (secondary N) is 2. The van der Waals surface area contributed by atoms with Crippen molar-refractivity contribution in [3.63, 3.8) is 0 Å². The molecule has 0 aliphatic rings. The smallest absolute Gasteiger partial charge is 0.407 e. The van der Waals surface area contributed by atoms with Gasteiger partial charge in [-0.05, 0) is 43.5 Å². The monoisotopic (exact) mass is 292 g/mol. The minimum atomic E-state index is -0.441. The molecule has 0 radical (unpaired) electrons. The minimum absolute atomic E-state index is 0.140. The van der Waals surface area contributed by atoms with E-state index in [0.717, 1.165) is 24.0 Å². The lowest BCUT2D eigenvalue weighted by molar-refractivity contribution is 0.0952. The number of alkyl carbamates (subject to hydrolysis) is 1. The van der Waals surface area contributed by atoms with Gasteiger partial charge in [-0.1, -0.05) is 19.4 Å². The van der Waals surface area contributed by atoms with Crippen LogP contribution in [0.25, 0.3) is 0 Å². The zero-order valence-electron chi connectivity index (χ0n) is 13.0. The number of hydrogen-bond acceptors (Lipinski definition) is 3. The molecule has 0 fully saturated rings. The molecule has 116 valence electrons. The second-order valence-corrected chi connectivity index (χ2v) is 4.97. The zero-order chi connectivity index (χ0) is 15.7. The summed E-state index contributed by atoms with van der Waals surface area (Å²) in [5.41, 5.74) is 2.87. The van der Waals surface area contributed by atoms with Crippen LogP contribution in [-0.4, -0.2) is 31.7 Å². The van der Waals surface area contributed by atoms with Crippen molar-refractivity contribution in [1.29, 1.82) is 0 Å². The summed E-state index contributed by atoms with van der Waals surface area (Å²) in [6.45, 7) is 7.15. The first-order valence-electron chi connectivity index (χ1n) is 7.30. The Morgan fingerprint density at radius 2 is 1.81 bits per heavy atom. The Morgan fingerprint density at radius 1 is 1.10 bits per heavy atom. The number of hydrogen-bond donors (Lipinski definition) is 2. The Balaban J connectivity index is 2.24. The Kier molecular flexibility index (Phi) is 7.29. The number of amides is 2. The fourth-order valence-electron chi connectivity index (χ4n) is 1.69. The Hall–Kier alpha value is -2.04. The molecule has 0 bridgehead atoms. The van der Waals surface area contributed by atoms with Gasteiger partial charge in [-0.3, -0.25) is 4.79 Å². The topological polar surface area (TPSA) is 67.4 Å². The fourth-order valence-corrected chi connectivity index (χ4v) is 1.69. The summed E-state index contributed by atoms with van der Waals surface area (Å²) >= 11 is 0. The normalized spacial score (nSPS) is 10.0. The maximum absolute atomic E-state index is 11.9. The Bertz CT molecular complexity index is 486. The maximum Gasteiger partial charge on any atom is 0.407 e. The third-order valence-electron chi connectivity index (χ3n) is 3.18. The van der Waals surface area contributed by atoms with E-state index >= 15 is 0 Å². The van der Waals surface area contributed by atoms with Gasteiger partial charge >= 0.3 is 6.09 Å². The van der Waals surface area contributed by atoms with Gasteiger partial charge in [0.25, 0.3) is 5.91 Å². The molecule has 0 atom stereocenters. The molecule has 1 rings (SSSR count).